The number of carbonyl (C=O) groups excluding carboxylic acids is 4. The Hall–Kier alpha value is -2.42. The summed E-state index contributed by atoms with van der Waals surface area (Å²) in [5.74, 6) is -1.32. The van der Waals surface area contributed by atoms with Crippen LogP contribution in [0.4, 0.5) is 10.5 Å². The summed E-state index contributed by atoms with van der Waals surface area (Å²) in [6.07, 6.45) is 0.301. The average Bonchev–Trinajstić information content (AvgIpc) is 2.87. The third-order valence-corrected chi connectivity index (χ3v) is 3.72. The van der Waals surface area contributed by atoms with Crippen LogP contribution in [0.15, 0.2) is 28.7 Å². The van der Waals surface area contributed by atoms with Crippen molar-refractivity contribution in [2.24, 2.45) is 0 Å². The Morgan fingerprint density at radius 1 is 1.25 bits per heavy atom. The van der Waals surface area contributed by atoms with Gasteiger partial charge in [0.15, 0.2) is 6.61 Å². The minimum Gasteiger partial charge on any atom is -0.456 e. The second-order valence-corrected chi connectivity index (χ2v) is 5.94. The van der Waals surface area contributed by atoms with E-state index in [0.717, 1.165) is 9.37 Å². The Balaban J connectivity index is 1.63. The van der Waals surface area contributed by atoms with Crippen LogP contribution in [0.2, 0.25) is 0 Å². The second-order valence-electron chi connectivity index (χ2n) is 5.02. The number of benzene rings is 1. The van der Waals surface area contributed by atoms with E-state index in [0.29, 0.717) is 5.69 Å². The Kier molecular flexibility index (Phi) is 6.30. The number of urea groups is 1. The molecule has 128 valence electrons. The number of rotatable bonds is 7. The zero-order valence-corrected chi connectivity index (χ0v) is 14.3. The minimum absolute atomic E-state index is 0.0144. The number of nitrogens with zero attached hydrogens (tertiary/aromatic N) is 1. The van der Waals surface area contributed by atoms with E-state index in [1.54, 1.807) is 24.3 Å². The molecule has 1 aliphatic heterocycles. The summed E-state index contributed by atoms with van der Waals surface area (Å²) in [5, 5.41) is 4.98. The monoisotopic (exact) mass is 397 g/mol. The van der Waals surface area contributed by atoms with Crippen molar-refractivity contribution in [2.45, 2.75) is 12.8 Å². The highest BCUT2D eigenvalue weighted by Crippen LogP contribution is 2.13. The summed E-state index contributed by atoms with van der Waals surface area (Å²) in [6.45, 7) is -0.262. The molecule has 1 saturated heterocycles. The summed E-state index contributed by atoms with van der Waals surface area (Å²) in [7, 11) is 0. The molecule has 0 spiro atoms. The molecule has 8 nitrogen and oxygen atoms in total. The summed E-state index contributed by atoms with van der Waals surface area (Å²) < 4.78 is 5.74. The molecule has 0 unspecified atom stereocenters. The first-order valence-corrected chi connectivity index (χ1v) is 8.04. The molecule has 9 heteroatoms. The van der Waals surface area contributed by atoms with Gasteiger partial charge in [0.25, 0.3) is 5.91 Å². The average molecular weight is 398 g/mol. The largest absolute Gasteiger partial charge is 0.456 e. The van der Waals surface area contributed by atoms with Gasteiger partial charge in [-0.05, 0) is 30.7 Å². The van der Waals surface area contributed by atoms with Crippen molar-refractivity contribution in [2.75, 3.05) is 25.0 Å². The van der Waals surface area contributed by atoms with Crippen molar-refractivity contribution in [1.29, 1.82) is 0 Å². The Labute approximate surface area is 146 Å². The maximum Gasteiger partial charge on any atom is 0.324 e. The SMILES string of the molecule is O=C(COC(=O)CCCN1C(=O)CNC1=O)Nc1ccc(Br)cc1. The molecule has 4 amide bonds. The fourth-order valence-corrected chi connectivity index (χ4v) is 2.28. The van der Waals surface area contributed by atoms with E-state index in [1.807, 2.05) is 0 Å². The van der Waals surface area contributed by atoms with Crippen molar-refractivity contribution in [3.8, 4) is 0 Å². The van der Waals surface area contributed by atoms with Crippen LogP contribution in [0.3, 0.4) is 0 Å². The lowest BCUT2D eigenvalue weighted by atomic mass is 10.3. The molecular weight excluding hydrogens is 382 g/mol. The fraction of sp³-hybridized carbons (Fsp3) is 0.333. The smallest absolute Gasteiger partial charge is 0.324 e. The number of nitrogens with one attached hydrogen (secondary N) is 2. The van der Waals surface area contributed by atoms with E-state index in [-0.39, 0.29) is 31.8 Å². The zero-order valence-electron chi connectivity index (χ0n) is 12.7. The van der Waals surface area contributed by atoms with Crippen molar-refractivity contribution < 1.29 is 23.9 Å². The molecule has 1 aromatic rings. The van der Waals surface area contributed by atoms with Gasteiger partial charge in [0.05, 0.1) is 6.54 Å². The topological polar surface area (TPSA) is 105 Å². The number of amides is 4. The van der Waals surface area contributed by atoms with Crippen molar-refractivity contribution >= 4 is 45.4 Å². The molecule has 0 aromatic heterocycles. The minimum atomic E-state index is -0.562. The van der Waals surface area contributed by atoms with Crippen LogP contribution < -0.4 is 10.6 Å². The fourth-order valence-electron chi connectivity index (χ4n) is 2.01. The number of halogens is 1. The summed E-state index contributed by atoms with van der Waals surface area (Å²) in [4.78, 5) is 46.9. The predicted octanol–water partition coefficient (Wildman–Crippen LogP) is 1.26. The Bertz CT molecular complexity index is 631. The van der Waals surface area contributed by atoms with E-state index in [4.69, 9.17) is 4.74 Å². The third kappa shape index (κ3) is 5.34. The van der Waals surface area contributed by atoms with Crippen molar-refractivity contribution in [1.82, 2.24) is 10.2 Å². The molecule has 1 aromatic carbocycles. The van der Waals surface area contributed by atoms with Gasteiger partial charge < -0.3 is 15.4 Å². The van der Waals surface area contributed by atoms with Gasteiger partial charge in [-0.2, -0.15) is 0 Å². The van der Waals surface area contributed by atoms with E-state index in [2.05, 4.69) is 26.6 Å². The van der Waals surface area contributed by atoms with Crippen LogP contribution in [0.5, 0.6) is 0 Å². The Morgan fingerprint density at radius 3 is 2.58 bits per heavy atom. The normalized spacial score (nSPS) is 13.6. The molecule has 0 atom stereocenters. The highest BCUT2D eigenvalue weighted by Gasteiger charge is 2.27. The maximum atomic E-state index is 11.7. The van der Waals surface area contributed by atoms with Gasteiger partial charge in [0.1, 0.15) is 0 Å². The lowest BCUT2D eigenvalue weighted by molar-refractivity contribution is -0.147. The van der Waals surface area contributed by atoms with Gasteiger partial charge in [0.2, 0.25) is 5.91 Å². The number of ether oxygens (including phenoxy) is 1. The van der Waals surface area contributed by atoms with Gasteiger partial charge in [0, 0.05) is 23.1 Å². The number of carbonyl (C=O) groups is 4. The lowest BCUT2D eigenvalue weighted by Crippen LogP contribution is -2.32. The summed E-state index contributed by atoms with van der Waals surface area (Å²) in [6, 6.07) is 6.51. The molecule has 0 radical (unpaired) electrons. The summed E-state index contributed by atoms with van der Waals surface area (Å²) in [5.41, 5.74) is 0.595. The van der Waals surface area contributed by atoms with Gasteiger partial charge >= 0.3 is 12.0 Å². The predicted molar refractivity (Wildman–Crippen MR) is 88.1 cm³/mol. The first-order valence-electron chi connectivity index (χ1n) is 7.25. The first kappa shape index (κ1) is 17.9. The molecule has 24 heavy (non-hydrogen) atoms. The molecular formula is C15H16BrN3O5. The quantitative estimate of drug-likeness (QED) is 0.532. The van der Waals surface area contributed by atoms with Crippen LogP contribution in [-0.4, -0.2) is 48.4 Å². The first-order chi connectivity index (χ1) is 11.5. The highest BCUT2D eigenvalue weighted by atomic mass is 79.9. The Morgan fingerprint density at radius 2 is 1.96 bits per heavy atom. The van der Waals surface area contributed by atoms with Gasteiger partial charge in [-0.3, -0.25) is 19.3 Å². The molecule has 0 aliphatic carbocycles. The highest BCUT2D eigenvalue weighted by molar-refractivity contribution is 9.10. The number of anilines is 1. The summed E-state index contributed by atoms with van der Waals surface area (Å²) >= 11 is 3.29. The molecule has 1 aliphatic rings. The van der Waals surface area contributed by atoms with E-state index < -0.39 is 24.5 Å². The van der Waals surface area contributed by atoms with Crippen molar-refractivity contribution in [3.63, 3.8) is 0 Å². The molecule has 1 heterocycles. The molecule has 2 N–H and O–H groups in total. The number of hydrogen-bond donors (Lipinski definition) is 2. The number of esters is 1. The molecule has 1 fully saturated rings. The van der Waals surface area contributed by atoms with Crippen LogP contribution in [-0.2, 0) is 19.1 Å². The zero-order chi connectivity index (χ0) is 17.5. The third-order valence-electron chi connectivity index (χ3n) is 3.19. The van der Waals surface area contributed by atoms with Crippen LogP contribution >= 0.6 is 15.9 Å². The van der Waals surface area contributed by atoms with Crippen LogP contribution in [0.25, 0.3) is 0 Å². The van der Waals surface area contributed by atoms with Crippen LogP contribution in [0, 0.1) is 0 Å². The standard InChI is InChI=1S/C15H16BrN3O5/c16-10-3-5-11(6-4-10)18-12(20)9-24-14(22)2-1-7-19-13(21)8-17-15(19)23/h3-6H,1-2,7-9H2,(H,17,23)(H,18,20). The number of hydrogen-bond acceptors (Lipinski definition) is 5. The molecule has 0 saturated carbocycles. The van der Waals surface area contributed by atoms with Gasteiger partial charge in [-0.1, -0.05) is 15.9 Å². The van der Waals surface area contributed by atoms with E-state index in [1.165, 1.54) is 0 Å². The lowest BCUT2D eigenvalue weighted by Gasteiger charge is -2.11. The van der Waals surface area contributed by atoms with Gasteiger partial charge in [-0.25, -0.2) is 4.79 Å². The second kappa shape index (κ2) is 8.44. The van der Waals surface area contributed by atoms with E-state index >= 15 is 0 Å². The molecule has 0 bridgehead atoms. The number of imide groups is 1. The van der Waals surface area contributed by atoms with E-state index in [9.17, 15) is 19.2 Å². The maximum absolute atomic E-state index is 11.7. The van der Waals surface area contributed by atoms with Crippen molar-refractivity contribution in [3.05, 3.63) is 28.7 Å². The van der Waals surface area contributed by atoms with Crippen LogP contribution in [0.1, 0.15) is 12.8 Å². The van der Waals surface area contributed by atoms with Gasteiger partial charge in [-0.15, -0.1) is 0 Å². The molecule has 2 rings (SSSR count).